The summed E-state index contributed by atoms with van der Waals surface area (Å²) in [6, 6.07) is 0. The van der Waals surface area contributed by atoms with Crippen molar-refractivity contribution >= 4 is 0 Å². The highest BCUT2D eigenvalue weighted by Crippen LogP contribution is 2.34. The fourth-order valence-electron chi connectivity index (χ4n) is 2.07. The molecule has 0 heterocycles. The van der Waals surface area contributed by atoms with Gasteiger partial charge in [-0.25, -0.2) is 0 Å². The lowest BCUT2D eigenvalue weighted by Crippen LogP contribution is -2.33. The summed E-state index contributed by atoms with van der Waals surface area (Å²) in [6.45, 7) is 4.99. The van der Waals surface area contributed by atoms with Crippen molar-refractivity contribution in [3.63, 3.8) is 0 Å². The van der Waals surface area contributed by atoms with Gasteiger partial charge in [0.15, 0.2) is 0 Å². The molecular weight excluding hydrogens is 164 g/mol. The molecule has 13 heavy (non-hydrogen) atoms. The number of hydrogen-bond donors (Lipinski definition) is 1. The van der Waals surface area contributed by atoms with Gasteiger partial charge >= 0.3 is 0 Å². The van der Waals surface area contributed by atoms with E-state index in [-0.39, 0.29) is 6.10 Å². The van der Waals surface area contributed by atoms with E-state index in [1.54, 1.807) is 0 Å². The monoisotopic (exact) mass is 186 g/mol. The minimum atomic E-state index is -0.0717. The smallest absolute Gasteiger partial charge is 0.0580 e. The van der Waals surface area contributed by atoms with Crippen molar-refractivity contribution in [2.24, 2.45) is 5.92 Å². The summed E-state index contributed by atoms with van der Waals surface area (Å²) in [5, 5.41) is 9.56. The molecule has 1 aliphatic carbocycles. The Balaban J connectivity index is 2.00. The Bertz CT molecular complexity index is 130. The normalized spacial score (nSPS) is 29.8. The Morgan fingerprint density at radius 1 is 1.38 bits per heavy atom. The van der Waals surface area contributed by atoms with Crippen molar-refractivity contribution in [3.05, 3.63) is 0 Å². The van der Waals surface area contributed by atoms with Gasteiger partial charge < -0.3 is 9.84 Å². The molecule has 1 unspecified atom stereocenters. The lowest BCUT2D eigenvalue weighted by atomic mass is 9.78. The topological polar surface area (TPSA) is 29.5 Å². The molecule has 0 amide bonds. The molecule has 78 valence electrons. The zero-order chi connectivity index (χ0) is 9.68. The van der Waals surface area contributed by atoms with Crippen LogP contribution < -0.4 is 0 Å². The Morgan fingerprint density at radius 3 is 2.62 bits per heavy atom. The summed E-state index contributed by atoms with van der Waals surface area (Å²) in [7, 11) is 0. The van der Waals surface area contributed by atoms with Gasteiger partial charge in [0.2, 0.25) is 0 Å². The maximum Gasteiger partial charge on any atom is 0.0580 e. The van der Waals surface area contributed by atoms with Crippen molar-refractivity contribution < 1.29 is 9.84 Å². The molecule has 0 bridgehead atoms. The van der Waals surface area contributed by atoms with Crippen LogP contribution in [0.5, 0.6) is 0 Å². The van der Waals surface area contributed by atoms with E-state index >= 15 is 0 Å². The van der Waals surface area contributed by atoms with Crippen LogP contribution in [0.25, 0.3) is 0 Å². The lowest BCUT2D eigenvalue weighted by molar-refractivity contribution is -0.0383. The van der Waals surface area contributed by atoms with E-state index < -0.39 is 0 Å². The molecule has 1 N–H and O–H groups in total. The first-order valence-electron chi connectivity index (χ1n) is 5.55. The minimum Gasteiger partial charge on any atom is -0.393 e. The Hall–Kier alpha value is -0.0800. The standard InChI is InChI=1S/C11H22O2/c1-3-5-10(12)6-9-7-11(8-9)13-4-2/h9-12H,3-8H2,1-2H3. The number of ether oxygens (including phenoxy) is 1. The van der Waals surface area contributed by atoms with Crippen LogP contribution in [0.4, 0.5) is 0 Å². The predicted molar refractivity (Wildman–Crippen MR) is 53.7 cm³/mol. The van der Waals surface area contributed by atoms with Gasteiger partial charge in [-0.3, -0.25) is 0 Å². The fraction of sp³-hybridized carbons (Fsp3) is 1.00. The molecule has 0 saturated heterocycles. The molecule has 0 radical (unpaired) electrons. The van der Waals surface area contributed by atoms with Crippen LogP contribution in [-0.2, 0) is 4.74 Å². The predicted octanol–water partition coefficient (Wildman–Crippen LogP) is 2.35. The van der Waals surface area contributed by atoms with E-state index in [1.165, 1.54) is 0 Å². The van der Waals surface area contributed by atoms with Crippen molar-refractivity contribution in [1.82, 2.24) is 0 Å². The van der Waals surface area contributed by atoms with E-state index in [1.807, 2.05) is 6.92 Å². The molecule has 1 saturated carbocycles. The third-order valence-electron chi connectivity index (χ3n) is 2.82. The molecule has 0 aromatic rings. The largest absolute Gasteiger partial charge is 0.393 e. The molecule has 1 rings (SSSR count). The Morgan fingerprint density at radius 2 is 2.08 bits per heavy atom. The van der Waals surface area contributed by atoms with Crippen molar-refractivity contribution in [3.8, 4) is 0 Å². The molecule has 2 nitrogen and oxygen atoms in total. The summed E-state index contributed by atoms with van der Waals surface area (Å²) in [5.74, 6) is 0.720. The second kappa shape index (κ2) is 5.61. The number of aliphatic hydroxyl groups excluding tert-OH is 1. The van der Waals surface area contributed by atoms with Gasteiger partial charge in [0.05, 0.1) is 12.2 Å². The average molecular weight is 186 g/mol. The molecule has 0 aromatic heterocycles. The highest BCUT2D eigenvalue weighted by Gasteiger charge is 2.30. The summed E-state index contributed by atoms with van der Waals surface area (Å²) in [4.78, 5) is 0. The zero-order valence-electron chi connectivity index (χ0n) is 8.83. The lowest BCUT2D eigenvalue weighted by Gasteiger charge is -2.36. The second-order valence-electron chi connectivity index (χ2n) is 4.09. The summed E-state index contributed by atoms with van der Waals surface area (Å²) < 4.78 is 5.47. The van der Waals surface area contributed by atoms with Gasteiger partial charge in [-0.05, 0) is 38.5 Å². The summed E-state index contributed by atoms with van der Waals surface area (Å²) in [6.07, 6.45) is 5.76. The quantitative estimate of drug-likeness (QED) is 0.690. The maximum atomic E-state index is 9.56. The zero-order valence-corrected chi connectivity index (χ0v) is 8.83. The first-order chi connectivity index (χ1) is 6.26. The average Bonchev–Trinajstić information content (AvgIpc) is 2.01. The van der Waals surface area contributed by atoms with Gasteiger partial charge in [0.1, 0.15) is 0 Å². The SMILES string of the molecule is CCCC(O)CC1CC(OCC)C1. The number of rotatable bonds is 6. The van der Waals surface area contributed by atoms with Crippen LogP contribution in [0.2, 0.25) is 0 Å². The van der Waals surface area contributed by atoms with Crippen LogP contribution in [-0.4, -0.2) is 23.9 Å². The number of hydrogen-bond acceptors (Lipinski definition) is 2. The van der Waals surface area contributed by atoms with Gasteiger partial charge in [0.25, 0.3) is 0 Å². The third kappa shape index (κ3) is 3.65. The molecule has 0 spiro atoms. The molecule has 0 aromatic carbocycles. The van der Waals surface area contributed by atoms with E-state index in [0.29, 0.717) is 6.10 Å². The van der Waals surface area contributed by atoms with Crippen LogP contribution in [0.3, 0.4) is 0 Å². The minimum absolute atomic E-state index is 0.0717. The third-order valence-corrected chi connectivity index (χ3v) is 2.82. The van der Waals surface area contributed by atoms with Gasteiger partial charge in [0, 0.05) is 6.61 Å². The van der Waals surface area contributed by atoms with Crippen molar-refractivity contribution in [2.75, 3.05) is 6.61 Å². The highest BCUT2D eigenvalue weighted by atomic mass is 16.5. The van der Waals surface area contributed by atoms with Crippen LogP contribution >= 0.6 is 0 Å². The fourth-order valence-corrected chi connectivity index (χ4v) is 2.07. The van der Waals surface area contributed by atoms with Crippen molar-refractivity contribution in [2.45, 2.75) is 58.2 Å². The van der Waals surface area contributed by atoms with Crippen LogP contribution in [0.15, 0.2) is 0 Å². The van der Waals surface area contributed by atoms with Crippen LogP contribution in [0, 0.1) is 5.92 Å². The first-order valence-corrected chi connectivity index (χ1v) is 5.55. The maximum absolute atomic E-state index is 9.56. The molecular formula is C11H22O2. The molecule has 1 atom stereocenters. The molecule has 2 heteroatoms. The summed E-state index contributed by atoms with van der Waals surface area (Å²) >= 11 is 0. The Kier molecular flexibility index (Phi) is 4.74. The van der Waals surface area contributed by atoms with Crippen molar-refractivity contribution in [1.29, 1.82) is 0 Å². The second-order valence-corrected chi connectivity index (χ2v) is 4.09. The molecule has 1 aliphatic rings. The van der Waals surface area contributed by atoms with E-state index in [9.17, 15) is 5.11 Å². The Labute approximate surface area is 81.3 Å². The van der Waals surface area contributed by atoms with E-state index in [0.717, 1.165) is 44.6 Å². The molecule has 0 aliphatic heterocycles. The van der Waals surface area contributed by atoms with Gasteiger partial charge in [-0.1, -0.05) is 13.3 Å². The molecule has 1 fully saturated rings. The van der Waals surface area contributed by atoms with Gasteiger partial charge in [-0.2, -0.15) is 0 Å². The van der Waals surface area contributed by atoms with E-state index in [4.69, 9.17) is 4.74 Å². The highest BCUT2D eigenvalue weighted by molar-refractivity contribution is 4.81. The number of aliphatic hydroxyl groups is 1. The van der Waals surface area contributed by atoms with Gasteiger partial charge in [-0.15, -0.1) is 0 Å². The first kappa shape index (κ1) is 11.0. The van der Waals surface area contributed by atoms with Crippen LogP contribution in [0.1, 0.15) is 46.0 Å². The van der Waals surface area contributed by atoms with E-state index in [2.05, 4.69) is 6.92 Å². The summed E-state index contributed by atoms with van der Waals surface area (Å²) in [5.41, 5.74) is 0.